The Bertz CT molecular complexity index is 653. The van der Waals surface area contributed by atoms with Crippen molar-refractivity contribution < 1.29 is 9.53 Å². The normalized spacial score (nSPS) is 12.2. The van der Waals surface area contributed by atoms with Crippen LogP contribution in [-0.4, -0.2) is 39.8 Å². The van der Waals surface area contributed by atoms with E-state index in [1.807, 2.05) is 24.3 Å². The van der Waals surface area contributed by atoms with Gasteiger partial charge >= 0.3 is 0 Å². The van der Waals surface area contributed by atoms with E-state index in [0.29, 0.717) is 24.7 Å². The minimum Gasteiger partial charge on any atom is -0.497 e. The van der Waals surface area contributed by atoms with Crippen LogP contribution in [0.25, 0.3) is 0 Å². The third kappa shape index (κ3) is 4.51. The van der Waals surface area contributed by atoms with Gasteiger partial charge in [-0.25, -0.2) is 4.68 Å². The van der Waals surface area contributed by atoms with Gasteiger partial charge in [0.15, 0.2) is 0 Å². The van der Waals surface area contributed by atoms with Crippen molar-refractivity contribution >= 4 is 5.91 Å². The lowest BCUT2D eigenvalue weighted by molar-refractivity contribution is -0.124. The molecule has 23 heavy (non-hydrogen) atoms. The number of hydrogen-bond acceptors (Lipinski definition) is 5. The van der Waals surface area contributed by atoms with Gasteiger partial charge < -0.3 is 10.1 Å². The fourth-order valence-electron chi connectivity index (χ4n) is 2.26. The molecule has 0 bridgehead atoms. The highest BCUT2D eigenvalue weighted by atomic mass is 16.5. The number of aromatic nitrogens is 4. The lowest BCUT2D eigenvalue weighted by atomic mass is 10.0. The van der Waals surface area contributed by atoms with Crippen LogP contribution < -0.4 is 10.1 Å². The Morgan fingerprint density at radius 2 is 2.17 bits per heavy atom. The van der Waals surface area contributed by atoms with Gasteiger partial charge in [0.1, 0.15) is 17.6 Å². The number of benzene rings is 1. The van der Waals surface area contributed by atoms with Crippen LogP contribution >= 0.6 is 0 Å². The van der Waals surface area contributed by atoms with Crippen molar-refractivity contribution in [2.24, 2.45) is 5.92 Å². The molecule has 2 rings (SSSR count). The molecule has 0 radical (unpaired) electrons. The highest BCUT2D eigenvalue weighted by molar-refractivity contribution is 5.80. The van der Waals surface area contributed by atoms with E-state index in [9.17, 15) is 4.79 Å². The summed E-state index contributed by atoms with van der Waals surface area (Å²) >= 11 is 0. The van der Waals surface area contributed by atoms with Gasteiger partial charge in [-0.15, -0.1) is 5.10 Å². The van der Waals surface area contributed by atoms with E-state index < -0.39 is 6.04 Å². The minimum atomic E-state index is -0.490. The molecular weight excluding hydrogens is 294 g/mol. The molecule has 7 nitrogen and oxygen atoms in total. The van der Waals surface area contributed by atoms with Gasteiger partial charge in [0.05, 0.1) is 7.11 Å². The quantitative estimate of drug-likeness (QED) is 0.838. The van der Waals surface area contributed by atoms with Crippen molar-refractivity contribution in [3.8, 4) is 5.75 Å². The van der Waals surface area contributed by atoms with Crippen LogP contribution in [0.1, 0.15) is 31.3 Å². The van der Waals surface area contributed by atoms with Gasteiger partial charge in [0.2, 0.25) is 5.91 Å². The molecule has 1 aromatic heterocycles. The molecular formula is C16H23N5O2. The molecule has 0 spiro atoms. The standard InChI is InChI=1S/C16H23N5O2/c1-11(2)10-17-16(22)15(21-12(3)18-19-20-21)9-13-6-5-7-14(8-13)23-4/h5-8,11,15H,9-10H2,1-4H3,(H,17,22)/t15-/m1/s1. The number of aryl methyl sites for hydroxylation is 1. The molecule has 7 heteroatoms. The average molecular weight is 317 g/mol. The van der Waals surface area contributed by atoms with Gasteiger partial charge in [-0.05, 0) is 41.0 Å². The molecule has 0 aliphatic carbocycles. The zero-order chi connectivity index (χ0) is 16.8. The van der Waals surface area contributed by atoms with Crippen LogP contribution in [0.4, 0.5) is 0 Å². The van der Waals surface area contributed by atoms with Crippen molar-refractivity contribution in [1.29, 1.82) is 0 Å². The number of methoxy groups -OCH3 is 1. The monoisotopic (exact) mass is 317 g/mol. The fourth-order valence-corrected chi connectivity index (χ4v) is 2.26. The number of hydrogen-bond donors (Lipinski definition) is 1. The lowest BCUT2D eigenvalue weighted by Crippen LogP contribution is -2.36. The molecule has 2 aromatic rings. The Kier molecular flexibility index (Phi) is 5.67. The van der Waals surface area contributed by atoms with Crippen molar-refractivity contribution in [3.05, 3.63) is 35.7 Å². The van der Waals surface area contributed by atoms with Crippen LogP contribution in [0, 0.1) is 12.8 Å². The zero-order valence-electron chi connectivity index (χ0n) is 14.0. The molecule has 0 saturated heterocycles. The molecule has 1 amide bonds. The summed E-state index contributed by atoms with van der Waals surface area (Å²) in [5.74, 6) is 1.66. The van der Waals surface area contributed by atoms with Crippen LogP contribution in [0.3, 0.4) is 0 Å². The third-order valence-corrected chi connectivity index (χ3v) is 3.50. The zero-order valence-corrected chi connectivity index (χ0v) is 14.0. The molecule has 0 unspecified atom stereocenters. The van der Waals surface area contributed by atoms with Crippen LogP contribution in [0.5, 0.6) is 5.75 Å². The van der Waals surface area contributed by atoms with E-state index in [-0.39, 0.29) is 5.91 Å². The maximum atomic E-state index is 12.6. The topological polar surface area (TPSA) is 81.9 Å². The van der Waals surface area contributed by atoms with Gasteiger partial charge in [0, 0.05) is 13.0 Å². The van der Waals surface area contributed by atoms with Gasteiger partial charge in [0.25, 0.3) is 0 Å². The summed E-state index contributed by atoms with van der Waals surface area (Å²) in [5.41, 5.74) is 0.990. The smallest absolute Gasteiger partial charge is 0.245 e. The van der Waals surface area contributed by atoms with E-state index in [0.717, 1.165) is 11.3 Å². The predicted octanol–water partition coefficient (Wildman–Crippen LogP) is 1.55. The molecule has 0 saturated carbocycles. The fraction of sp³-hybridized carbons (Fsp3) is 0.500. The molecule has 1 aromatic carbocycles. The Balaban J connectivity index is 2.22. The summed E-state index contributed by atoms with van der Waals surface area (Å²) in [5, 5.41) is 14.5. The summed E-state index contributed by atoms with van der Waals surface area (Å²) in [4.78, 5) is 12.6. The number of carbonyl (C=O) groups excluding carboxylic acids is 1. The summed E-state index contributed by atoms with van der Waals surface area (Å²) < 4.78 is 6.81. The summed E-state index contributed by atoms with van der Waals surface area (Å²) in [6, 6.07) is 7.17. The molecule has 124 valence electrons. The van der Waals surface area contributed by atoms with Gasteiger partial charge in [-0.2, -0.15) is 0 Å². The second-order valence-electron chi connectivity index (χ2n) is 5.88. The van der Waals surface area contributed by atoms with Crippen LogP contribution in [0.15, 0.2) is 24.3 Å². The second kappa shape index (κ2) is 7.71. The number of carbonyl (C=O) groups is 1. The largest absolute Gasteiger partial charge is 0.497 e. The first-order valence-corrected chi connectivity index (χ1v) is 7.66. The third-order valence-electron chi connectivity index (χ3n) is 3.50. The first-order chi connectivity index (χ1) is 11.0. The van der Waals surface area contributed by atoms with E-state index in [1.54, 1.807) is 18.7 Å². The molecule has 0 fully saturated rings. The average Bonchev–Trinajstić information content (AvgIpc) is 2.96. The Morgan fingerprint density at radius 1 is 1.39 bits per heavy atom. The highest BCUT2D eigenvalue weighted by Gasteiger charge is 2.24. The Morgan fingerprint density at radius 3 is 2.78 bits per heavy atom. The minimum absolute atomic E-state index is 0.0862. The predicted molar refractivity (Wildman–Crippen MR) is 86.1 cm³/mol. The van der Waals surface area contributed by atoms with Crippen molar-refractivity contribution in [3.63, 3.8) is 0 Å². The number of amides is 1. The van der Waals surface area contributed by atoms with Crippen LogP contribution in [0.2, 0.25) is 0 Å². The van der Waals surface area contributed by atoms with Crippen molar-refractivity contribution in [2.45, 2.75) is 33.2 Å². The molecule has 0 aliphatic heterocycles. The second-order valence-corrected chi connectivity index (χ2v) is 5.88. The molecule has 1 atom stereocenters. The summed E-state index contributed by atoms with van der Waals surface area (Å²) in [7, 11) is 1.62. The Hall–Kier alpha value is -2.44. The maximum absolute atomic E-state index is 12.6. The highest BCUT2D eigenvalue weighted by Crippen LogP contribution is 2.19. The first-order valence-electron chi connectivity index (χ1n) is 7.66. The number of tetrazole rings is 1. The summed E-state index contributed by atoms with van der Waals surface area (Å²) in [6.45, 7) is 6.52. The first kappa shape index (κ1) is 16.9. The Labute approximate surface area is 136 Å². The van der Waals surface area contributed by atoms with Crippen molar-refractivity contribution in [2.75, 3.05) is 13.7 Å². The van der Waals surface area contributed by atoms with Gasteiger partial charge in [-0.3, -0.25) is 4.79 Å². The summed E-state index contributed by atoms with van der Waals surface area (Å²) in [6.07, 6.45) is 0.493. The number of nitrogens with one attached hydrogen (secondary N) is 1. The van der Waals surface area contributed by atoms with E-state index in [1.165, 1.54) is 0 Å². The number of nitrogens with zero attached hydrogens (tertiary/aromatic N) is 4. The maximum Gasteiger partial charge on any atom is 0.245 e. The number of ether oxygens (including phenoxy) is 1. The molecule has 1 heterocycles. The van der Waals surface area contributed by atoms with E-state index in [2.05, 4.69) is 34.7 Å². The molecule has 1 N–H and O–H groups in total. The van der Waals surface area contributed by atoms with Crippen molar-refractivity contribution in [1.82, 2.24) is 25.5 Å². The molecule has 0 aliphatic rings. The lowest BCUT2D eigenvalue weighted by Gasteiger charge is -2.18. The SMILES string of the molecule is COc1cccc(C[C@H](C(=O)NCC(C)C)n2nnnc2C)c1. The van der Waals surface area contributed by atoms with E-state index in [4.69, 9.17) is 4.74 Å². The van der Waals surface area contributed by atoms with Gasteiger partial charge in [-0.1, -0.05) is 26.0 Å². The number of rotatable bonds is 7. The van der Waals surface area contributed by atoms with Crippen LogP contribution in [-0.2, 0) is 11.2 Å². The van der Waals surface area contributed by atoms with E-state index >= 15 is 0 Å².